The zero-order valence-corrected chi connectivity index (χ0v) is 26.6. The fourth-order valence-corrected chi connectivity index (χ4v) is 6.27. The van der Waals surface area contributed by atoms with Gasteiger partial charge in [-0.25, -0.2) is 19.4 Å². The van der Waals surface area contributed by atoms with Gasteiger partial charge >= 0.3 is 6.18 Å². The number of hydroxylamine groups is 1. The van der Waals surface area contributed by atoms with Gasteiger partial charge in [0.15, 0.2) is 5.82 Å². The standard InChI is InChI=1S/C33H39F4N7O3/c1-5-31(45)41-24-17-25(28(46-4)18-27(24)43-14-11-21(12-15-43)42(6-2)7-3)40-29-19-30(39-20-38-29)44-26(13-16-47-44)22-9-8-10-23(32(22)34)33(35,36)37/h5,8-10,17-21,26H,1,6-7,11-16H2,2-4H3,(H,41,45)(H,38,39,40)/t26-/m1/s1. The van der Waals surface area contributed by atoms with Gasteiger partial charge in [-0.05, 0) is 44.1 Å². The van der Waals surface area contributed by atoms with Crippen molar-refractivity contribution in [1.29, 1.82) is 0 Å². The van der Waals surface area contributed by atoms with E-state index in [0.717, 1.165) is 44.7 Å². The zero-order valence-electron chi connectivity index (χ0n) is 26.6. The Morgan fingerprint density at radius 3 is 2.53 bits per heavy atom. The van der Waals surface area contributed by atoms with Crippen LogP contribution in [0.4, 0.5) is 46.3 Å². The number of hydrogen-bond donors (Lipinski definition) is 2. The van der Waals surface area contributed by atoms with Gasteiger partial charge in [-0.1, -0.05) is 32.6 Å². The number of ether oxygens (including phenoxy) is 1. The molecule has 0 bridgehead atoms. The Morgan fingerprint density at radius 1 is 1.13 bits per heavy atom. The van der Waals surface area contributed by atoms with Crippen LogP contribution in [0.3, 0.4) is 0 Å². The minimum atomic E-state index is -4.84. The number of anilines is 5. The van der Waals surface area contributed by atoms with Crippen molar-refractivity contribution in [2.24, 2.45) is 0 Å². The molecule has 3 aromatic rings. The van der Waals surface area contributed by atoms with Crippen LogP contribution >= 0.6 is 0 Å². The first kappa shape index (κ1) is 33.9. The number of methoxy groups -OCH3 is 1. The molecule has 5 rings (SSSR count). The van der Waals surface area contributed by atoms with Crippen LogP contribution in [0.5, 0.6) is 5.75 Å². The van der Waals surface area contributed by atoms with Crippen molar-refractivity contribution in [2.75, 3.05) is 60.5 Å². The van der Waals surface area contributed by atoms with Gasteiger partial charge in [0.2, 0.25) is 5.91 Å². The molecular weight excluding hydrogens is 618 g/mol. The second kappa shape index (κ2) is 14.6. The van der Waals surface area contributed by atoms with E-state index in [0.29, 0.717) is 35.1 Å². The molecule has 0 unspecified atom stereocenters. The molecule has 10 nitrogen and oxygen atoms in total. The van der Waals surface area contributed by atoms with Gasteiger partial charge in [0.1, 0.15) is 23.7 Å². The normalized spacial score (nSPS) is 17.2. The molecule has 0 radical (unpaired) electrons. The summed E-state index contributed by atoms with van der Waals surface area (Å²) in [6.45, 7) is 11.7. The number of carbonyl (C=O) groups excluding carboxylic acids is 1. The first-order valence-electron chi connectivity index (χ1n) is 15.6. The summed E-state index contributed by atoms with van der Waals surface area (Å²) in [6, 6.07) is 8.00. The molecule has 0 saturated carbocycles. The van der Waals surface area contributed by atoms with Crippen LogP contribution in [-0.2, 0) is 15.8 Å². The summed E-state index contributed by atoms with van der Waals surface area (Å²) in [5.74, 6) is -0.702. The van der Waals surface area contributed by atoms with Gasteiger partial charge in [0.25, 0.3) is 0 Å². The lowest BCUT2D eigenvalue weighted by atomic mass is 10.0. The van der Waals surface area contributed by atoms with Crippen LogP contribution < -0.4 is 25.3 Å². The number of amides is 1. The highest BCUT2D eigenvalue weighted by Crippen LogP contribution is 2.42. The average molecular weight is 658 g/mol. The summed E-state index contributed by atoms with van der Waals surface area (Å²) in [7, 11) is 1.54. The Labute approximate surface area is 271 Å². The number of benzene rings is 2. The Balaban J connectivity index is 1.42. The molecule has 2 aromatic carbocycles. The molecular formula is C33H39F4N7O3. The van der Waals surface area contributed by atoms with E-state index in [1.807, 2.05) is 6.07 Å². The Hall–Kier alpha value is -4.43. The van der Waals surface area contributed by atoms with Gasteiger partial charge in [-0.2, -0.15) is 13.2 Å². The first-order valence-corrected chi connectivity index (χ1v) is 15.6. The fourth-order valence-electron chi connectivity index (χ4n) is 6.27. The SMILES string of the molecule is C=CC(=O)Nc1cc(Nc2cc(N3OCC[C@@H]3c3cccc(C(F)(F)F)c3F)ncn2)c(OC)cc1N1CCC(N(CC)CC)CC1. The molecule has 47 heavy (non-hydrogen) atoms. The number of aromatic nitrogens is 2. The quantitative estimate of drug-likeness (QED) is 0.173. The first-order chi connectivity index (χ1) is 22.6. The lowest BCUT2D eigenvalue weighted by Gasteiger charge is -2.39. The van der Waals surface area contributed by atoms with E-state index < -0.39 is 23.6 Å². The van der Waals surface area contributed by atoms with E-state index in [-0.39, 0.29) is 30.3 Å². The van der Waals surface area contributed by atoms with Crippen molar-refractivity contribution in [2.45, 2.75) is 51.4 Å². The van der Waals surface area contributed by atoms with Gasteiger partial charge in [-0.3, -0.25) is 9.63 Å². The van der Waals surface area contributed by atoms with E-state index in [9.17, 15) is 18.0 Å². The number of rotatable bonds is 11. The number of piperidine rings is 1. The number of alkyl halides is 3. The smallest absolute Gasteiger partial charge is 0.419 e. The second-order valence-electron chi connectivity index (χ2n) is 11.3. The number of hydrogen-bond acceptors (Lipinski definition) is 9. The molecule has 2 aliphatic rings. The lowest BCUT2D eigenvalue weighted by Crippen LogP contribution is -2.45. The molecule has 2 aliphatic heterocycles. The highest BCUT2D eigenvalue weighted by atomic mass is 19.4. The van der Waals surface area contributed by atoms with Crippen LogP contribution in [-0.4, -0.2) is 66.7 Å². The molecule has 0 aliphatic carbocycles. The largest absolute Gasteiger partial charge is 0.494 e. The highest BCUT2D eigenvalue weighted by Gasteiger charge is 2.38. The summed E-state index contributed by atoms with van der Waals surface area (Å²) in [5.41, 5.74) is 0.361. The third-order valence-corrected chi connectivity index (χ3v) is 8.63. The molecule has 2 N–H and O–H groups in total. The van der Waals surface area contributed by atoms with Gasteiger partial charge in [0, 0.05) is 43.2 Å². The lowest BCUT2D eigenvalue weighted by molar-refractivity contribution is -0.140. The average Bonchev–Trinajstić information content (AvgIpc) is 3.55. The second-order valence-corrected chi connectivity index (χ2v) is 11.3. The van der Waals surface area contributed by atoms with Crippen molar-refractivity contribution in [3.05, 3.63) is 72.3 Å². The van der Waals surface area contributed by atoms with Crippen molar-refractivity contribution >= 4 is 34.6 Å². The summed E-state index contributed by atoms with van der Waals surface area (Å²) in [4.78, 5) is 31.4. The van der Waals surface area contributed by atoms with Crippen LogP contribution in [0.1, 0.15) is 50.3 Å². The number of nitrogens with one attached hydrogen (secondary N) is 2. The summed E-state index contributed by atoms with van der Waals surface area (Å²) >= 11 is 0. The van der Waals surface area contributed by atoms with Crippen molar-refractivity contribution in [1.82, 2.24) is 14.9 Å². The maximum atomic E-state index is 15.1. The maximum absolute atomic E-state index is 15.1. The summed E-state index contributed by atoms with van der Waals surface area (Å²) in [5, 5.41) is 7.40. The molecule has 1 atom stereocenters. The minimum Gasteiger partial charge on any atom is -0.494 e. The van der Waals surface area contributed by atoms with E-state index in [1.165, 1.54) is 42.8 Å². The summed E-state index contributed by atoms with van der Waals surface area (Å²) in [6.07, 6.45) is -0.168. The predicted molar refractivity (Wildman–Crippen MR) is 172 cm³/mol. The Bertz CT molecular complexity index is 1580. The van der Waals surface area contributed by atoms with Gasteiger partial charge < -0.3 is 25.2 Å². The molecule has 14 heteroatoms. The highest BCUT2D eigenvalue weighted by molar-refractivity contribution is 6.02. The third kappa shape index (κ3) is 7.43. The van der Waals surface area contributed by atoms with Crippen molar-refractivity contribution in [3.63, 3.8) is 0 Å². The van der Waals surface area contributed by atoms with Crippen LogP contribution in [0.25, 0.3) is 0 Å². The number of nitrogens with zero attached hydrogens (tertiary/aromatic N) is 5. The van der Waals surface area contributed by atoms with E-state index >= 15 is 4.39 Å². The molecule has 252 valence electrons. The van der Waals surface area contributed by atoms with Crippen molar-refractivity contribution < 1.29 is 31.9 Å². The minimum absolute atomic E-state index is 0.147. The van der Waals surface area contributed by atoms with Gasteiger partial charge in [0.05, 0.1) is 42.4 Å². The molecule has 0 spiro atoms. The predicted octanol–water partition coefficient (Wildman–Crippen LogP) is 6.70. The summed E-state index contributed by atoms with van der Waals surface area (Å²) < 4.78 is 61.1. The Kier molecular flexibility index (Phi) is 10.5. The maximum Gasteiger partial charge on any atom is 0.419 e. The van der Waals surface area contributed by atoms with E-state index in [2.05, 4.69) is 50.8 Å². The molecule has 3 heterocycles. The fraction of sp³-hybridized carbons (Fsp3) is 0.424. The number of carbonyl (C=O) groups is 1. The molecule has 1 aromatic heterocycles. The van der Waals surface area contributed by atoms with Crippen LogP contribution in [0, 0.1) is 5.82 Å². The van der Waals surface area contributed by atoms with E-state index in [1.54, 1.807) is 6.07 Å². The zero-order chi connectivity index (χ0) is 33.7. The Morgan fingerprint density at radius 2 is 1.87 bits per heavy atom. The molecule has 1 amide bonds. The number of halogens is 4. The monoisotopic (exact) mass is 657 g/mol. The van der Waals surface area contributed by atoms with Crippen LogP contribution in [0.2, 0.25) is 0 Å². The molecule has 2 saturated heterocycles. The van der Waals surface area contributed by atoms with E-state index in [4.69, 9.17) is 9.57 Å². The van der Waals surface area contributed by atoms with Crippen LogP contribution in [0.15, 0.2) is 55.4 Å². The third-order valence-electron chi connectivity index (χ3n) is 8.63. The topological polar surface area (TPSA) is 95.1 Å². The molecule has 2 fully saturated rings. The van der Waals surface area contributed by atoms with Gasteiger partial charge in [-0.15, -0.1) is 0 Å². The van der Waals surface area contributed by atoms with Crippen molar-refractivity contribution in [3.8, 4) is 5.75 Å².